The van der Waals surface area contributed by atoms with E-state index in [0.29, 0.717) is 26.1 Å². The second-order valence-electron chi connectivity index (χ2n) is 5.35. The lowest BCUT2D eigenvalue weighted by Gasteiger charge is -1.99. The number of carbonyl (C=O) groups excluding carboxylic acids is 1. The molecule has 1 N–H and O–H groups in total. The van der Waals surface area contributed by atoms with E-state index in [-0.39, 0.29) is 21.8 Å². The van der Waals surface area contributed by atoms with Crippen molar-refractivity contribution in [1.82, 2.24) is 5.32 Å². The molecule has 0 bridgehead atoms. The summed E-state index contributed by atoms with van der Waals surface area (Å²) in [5.41, 5.74) is 0.854. The van der Waals surface area contributed by atoms with Gasteiger partial charge in [-0.2, -0.15) is 5.10 Å². The molecule has 0 unspecified atom stereocenters. The fourth-order valence-corrected chi connectivity index (χ4v) is 3.55. The largest absolute Gasteiger partial charge is 0.299 e. The molecule has 1 aliphatic rings. The molecule has 0 spiro atoms. The molecule has 2 aromatic rings. The fraction of sp³-hybridized carbons (Fsp3) is 0. The monoisotopic (exact) mass is 454 g/mol. The van der Waals surface area contributed by atoms with Crippen LogP contribution in [0, 0.1) is 10.1 Å². The van der Waals surface area contributed by atoms with Gasteiger partial charge in [-0.25, -0.2) is 0 Å². The summed E-state index contributed by atoms with van der Waals surface area (Å²) in [6, 6.07) is 9.19. The smallest absolute Gasteiger partial charge is 0.288 e. The van der Waals surface area contributed by atoms with Crippen LogP contribution in [0.25, 0.3) is 6.08 Å². The Morgan fingerprint density at radius 3 is 2.61 bits per heavy atom. The number of halogens is 3. The van der Waals surface area contributed by atoms with Crippen molar-refractivity contribution < 1.29 is 9.72 Å². The molecular formula is C17H9Cl3N4O3S. The van der Waals surface area contributed by atoms with Crippen LogP contribution in [0.3, 0.4) is 0 Å². The maximum Gasteiger partial charge on any atom is 0.288 e. The third-order valence-corrected chi connectivity index (χ3v) is 5.20. The fourth-order valence-electron chi connectivity index (χ4n) is 2.13. The Balaban J connectivity index is 1.75. The first-order valence-corrected chi connectivity index (χ1v) is 9.49. The zero-order valence-electron chi connectivity index (χ0n) is 13.7. The molecular weight excluding hydrogens is 447 g/mol. The molecule has 11 heteroatoms. The van der Waals surface area contributed by atoms with Crippen molar-refractivity contribution in [2.75, 3.05) is 0 Å². The first kappa shape index (κ1) is 20.3. The van der Waals surface area contributed by atoms with Crippen LogP contribution in [0.15, 0.2) is 51.5 Å². The van der Waals surface area contributed by atoms with Crippen molar-refractivity contribution >= 4 is 75.6 Å². The summed E-state index contributed by atoms with van der Waals surface area (Å²) >= 11 is 18.8. The Kier molecular flexibility index (Phi) is 6.35. The Morgan fingerprint density at radius 2 is 1.89 bits per heavy atom. The number of hydrogen-bond donors (Lipinski definition) is 1. The Labute approximate surface area is 178 Å². The Bertz CT molecular complexity index is 1070. The summed E-state index contributed by atoms with van der Waals surface area (Å²) in [6.07, 6.45) is 2.94. The van der Waals surface area contributed by atoms with Gasteiger partial charge in [-0.15, -0.1) is 5.10 Å². The minimum absolute atomic E-state index is 0.0303. The van der Waals surface area contributed by atoms with Crippen molar-refractivity contribution in [3.8, 4) is 0 Å². The highest BCUT2D eigenvalue weighted by Gasteiger charge is 2.24. The molecule has 1 saturated heterocycles. The number of carbonyl (C=O) groups is 1. The molecule has 0 atom stereocenters. The van der Waals surface area contributed by atoms with Gasteiger partial charge in [-0.05, 0) is 41.6 Å². The summed E-state index contributed by atoms with van der Waals surface area (Å²) < 4.78 is 0. The minimum atomic E-state index is -0.586. The van der Waals surface area contributed by atoms with Crippen LogP contribution in [0.5, 0.6) is 0 Å². The lowest BCUT2D eigenvalue weighted by atomic mass is 10.2. The highest BCUT2D eigenvalue weighted by molar-refractivity contribution is 8.18. The SMILES string of the molecule is O=C1NC(=NN=Cc2ccc(Cl)c([N+](=O)[O-])c2)SC1=Cc1ccc(Cl)cc1Cl. The molecule has 0 aromatic heterocycles. The molecule has 2 aromatic carbocycles. The van der Waals surface area contributed by atoms with Gasteiger partial charge >= 0.3 is 0 Å². The topological polar surface area (TPSA) is 97.0 Å². The van der Waals surface area contributed by atoms with Crippen molar-refractivity contribution in [3.63, 3.8) is 0 Å². The maximum absolute atomic E-state index is 12.1. The third kappa shape index (κ3) is 4.90. The number of nitro groups is 1. The van der Waals surface area contributed by atoms with Crippen LogP contribution >= 0.6 is 46.6 Å². The molecule has 0 saturated carbocycles. The predicted octanol–water partition coefficient (Wildman–Crippen LogP) is 5.15. The Morgan fingerprint density at radius 1 is 1.11 bits per heavy atom. The molecule has 3 rings (SSSR count). The summed E-state index contributed by atoms with van der Waals surface area (Å²) in [6.45, 7) is 0. The van der Waals surface area contributed by atoms with Gasteiger partial charge in [0, 0.05) is 21.7 Å². The van der Waals surface area contributed by atoms with Gasteiger partial charge in [0.25, 0.3) is 11.6 Å². The number of benzene rings is 2. The van der Waals surface area contributed by atoms with Crippen LogP contribution in [0.4, 0.5) is 5.69 Å². The van der Waals surface area contributed by atoms with E-state index in [9.17, 15) is 14.9 Å². The molecule has 0 aliphatic carbocycles. The molecule has 1 amide bonds. The average molecular weight is 456 g/mol. The van der Waals surface area contributed by atoms with Gasteiger partial charge < -0.3 is 0 Å². The lowest BCUT2D eigenvalue weighted by molar-refractivity contribution is -0.384. The standard InChI is InChI=1S/C17H9Cl3N4O3S/c18-11-3-2-10(13(20)7-11)6-15-16(25)22-17(28-15)23-21-8-9-1-4-12(19)14(5-9)24(26)27/h1-8H,(H,22,23,25). The zero-order chi connectivity index (χ0) is 20.3. The van der Waals surface area contributed by atoms with Crippen molar-refractivity contribution in [2.45, 2.75) is 0 Å². The second kappa shape index (κ2) is 8.74. The van der Waals surface area contributed by atoms with Crippen LogP contribution < -0.4 is 5.32 Å². The van der Waals surface area contributed by atoms with E-state index in [1.54, 1.807) is 30.3 Å². The molecule has 142 valence electrons. The second-order valence-corrected chi connectivity index (χ2v) is 7.63. The summed E-state index contributed by atoms with van der Waals surface area (Å²) in [4.78, 5) is 22.8. The van der Waals surface area contributed by atoms with Crippen molar-refractivity contribution in [2.24, 2.45) is 10.2 Å². The number of nitro benzene ring substituents is 1. The molecule has 1 heterocycles. The number of thioether (sulfide) groups is 1. The maximum atomic E-state index is 12.1. The first-order valence-electron chi connectivity index (χ1n) is 7.54. The number of rotatable bonds is 4. The molecule has 1 aliphatic heterocycles. The van der Waals surface area contributed by atoms with Crippen molar-refractivity contribution in [3.05, 3.63) is 77.6 Å². The highest BCUT2D eigenvalue weighted by atomic mass is 35.5. The van der Waals surface area contributed by atoms with E-state index in [4.69, 9.17) is 34.8 Å². The van der Waals surface area contributed by atoms with E-state index in [1.165, 1.54) is 18.3 Å². The van der Waals surface area contributed by atoms with Gasteiger partial charge in [-0.3, -0.25) is 20.2 Å². The van der Waals surface area contributed by atoms with Gasteiger partial charge in [0.15, 0.2) is 5.17 Å². The first-order chi connectivity index (χ1) is 13.3. The van der Waals surface area contributed by atoms with Crippen LogP contribution in [0.1, 0.15) is 11.1 Å². The normalized spacial score (nSPS) is 16.9. The predicted molar refractivity (Wildman–Crippen MR) is 113 cm³/mol. The summed E-state index contributed by atoms with van der Waals surface area (Å²) in [7, 11) is 0. The third-order valence-electron chi connectivity index (χ3n) is 3.42. The quantitative estimate of drug-likeness (QED) is 0.298. The van der Waals surface area contributed by atoms with E-state index < -0.39 is 4.92 Å². The van der Waals surface area contributed by atoms with Crippen molar-refractivity contribution in [1.29, 1.82) is 0 Å². The average Bonchev–Trinajstić information content (AvgIpc) is 2.98. The van der Waals surface area contributed by atoms with E-state index in [1.807, 2.05) is 0 Å². The lowest BCUT2D eigenvalue weighted by Crippen LogP contribution is -2.19. The van der Waals surface area contributed by atoms with E-state index >= 15 is 0 Å². The summed E-state index contributed by atoms with van der Waals surface area (Å²) in [5.74, 6) is -0.341. The molecule has 0 radical (unpaired) electrons. The van der Waals surface area contributed by atoms with Crippen LogP contribution in [-0.2, 0) is 4.79 Å². The Hall–Kier alpha value is -2.39. The van der Waals surface area contributed by atoms with Gasteiger partial charge in [-0.1, -0.05) is 46.9 Å². The van der Waals surface area contributed by atoms with E-state index in [0.717, 1.165) is 11.8 Å². The molecule has 1 fully saturated rings. The molecule has 28 heavy (non-hydrogen) atoms. The van der Waals surface area contributed by atoms with Gasteiger partial charge in [0.2, 0.25) is 0 Å². The van der Waals surface area contributed by atoms with Gasteiger partial charge in [0.05, 0.1) is 16.0 Å². The number of nitrogens with zero attached hydrogens (tertiary/aromatic N) is 3. The highest BCUT2D eigenvalue weighted by Crippen LogP contribution is 2.30. The zero-order valence-corrected chi connectivity index (χ0v) is 16.8. The van der Waals surface area contributed by atoms with Crippen LogP contribution in [0.2, 0.25) is 15.1 Å². The number of nitrogens with one attached hydrogen (secondary N) is 1. The minimum Gasteiger partial charge on any atom is -0.299 e. The molecule has 7 nitrogen and oxygen atoms in total. The number of amidine groups is 1. The summed E-state index contributed by atoms with van der Waals surface area (Å²) in [5, 5.41) is 22.4. The number of amides is 1. The number of hydrogen-bond acceptors (Lipinski definition) is 6. The van der Waals surface area contributed by atoms with E-state index in [2.05, 4.69) is 15.5 Å². The van der Waals surface area contributed by atoms with Gasteiger partial charge in [0.1, 0.15) is 5.02 Å². The van der Waals surface area contributed by atoms with Crippen LogP contribution in [-0.4, -0.2) is 22.2 Å².